The van der Waals surface area contributed by atoms with Gasteiger partial charge in [0.25, 0.3) is 5.91 Å². The van der Waals surface area contributed by atoms with Crippen molar-refractivity contribution in [1.82, 2.24) is 14.5 Å². The number of sulfone groups is 1. The van der Waals surface area contributed by atoms with E-state index in [2.05, 4.69) is 4.98 Å². The molecule has 144 valence electrons. The third-order valence-electron chi connectivity index (χ3n) is 4.84. The minimum absolute atomic E-state index is 0.0786. The summed E-state index contributed by atoms with van der Waals surface area (Å²) in [5, 5.41) is -0.664. The van der Waals surface area contributed by atoms with E-state index in [1.165, 1.54) is 17.0 Å². The molecular weight excluding hydrogens is 381 g/mol. The molecule has 4 rings (SSSR count). The van der Waals surface area contributed by atoms with Crippen LogP contribution in [0.1, 0.15) is 15.9 Å². The Morgan fingerprint density at radius 3 is 2.36 bits per heavy atom. The predicted octanol–water partition coefficient (Wildman–Crippen LogP) is 2.37. The smallest absolute Gasteiger partial charge is 0.253 e. The molecule has 3 aromatic rings. The van der Waals surface area contributed by atoms with Crippen molar-refractivity contribution in [3.8, 4) is 0 Å². The van der Waals surface area contributed by atoms with Gasteiger partial charge in [0.15, 0.2) is 9.84 Å². The number of carbonyl (C=O) groups is 1. The minimum atomic E-state index is -3.57. The molecule has 28 heavy (non-hydrogen) atoms. The lowest BCUT2D eigenvalue weighted by molar-refractivity contribution is 0.0659. The van der Waals surface area contributed by atoms with Gasteiger partial charge in [-0.2, -0.15) is 0 Å². The maximum absolute atomic E-state index is 13.0. The number of amides is 1. The monoisotopic (exact) mass is 399 g/mol. The highest BCUT2D eigenvalue weighted by molar-refractivity contribution is 7.92. The van der Waals surface area contributed by atoms with Crippen LogP contribution < -0.4 is 0 Å². The van der Waals surface area contributed by atoms with Crippen LogP contribution in [0.2, 0.25) is 0 Å². The lowest BCUT2D eigenvalue weighted by Crippen LogP contribution is -2.56. The number of imidazole rings is 1. The van der Waals surface area contributed by atoms with Gasteiger partial charge in [0.1, 0.15) is 11.1 Å². The first-order chi connectivity index (χ1) is 13.4. The molecule has 0 aliphatic carbocycles. The first-order valence-corrected chi connectivity index (χ1v) is 10.3. The number of hydrogen-bond donors (Lipinski definition) is 0. The average Bonchev–Trinajstić information content (AvgIpc) is 3.14. The Labute approximate surface area is 162 Å². The number of benzene rings is 2. The lowest BCUT2D eigenvalue weighted by atomic mass is 10.1. The molecule has 2 heterocycles. The van der Waals surface area contributed by atoms with Gasteiger partial charge < -0.3 is 9.47 Å². The van der Waals surface area contributed by atoms with E-state index in [9.17, 15) is 17.6 Å². The predicted molar refractivity (Wildman–Crippen MR) is 101 cm³/mol. The summed E-state index contributed by atoms with van der Waals surface area (Å²) in [7, 11) is -3.57. The van der Waals surface area contributed by atoms with Crippen LogP contribution in [0.3, 0.4) is 0 Å². The Hall–Kier alpha value is -3.00. The van der Waals surface area contributed by atoms with Crippen LogP contribution in [0.4, 0.5) is 4.39 Å². The van der Waals surface area contributed by atoms with Gasteiger partial charge in [-0.05, 0) is 42.0 Å². The van der Waals surface area contributed by atoms with Crippen molar-refractivity contribution in [1.29, 1.82) is 0 Å². The molecule has 1 aliphatic heterocycles. The Balaban J connectivity index is 1.39. The van der Waals surface area contributed by atoms with E-state index in [1.54, 1.807) is 24.7 Å². The van der Waals surface area contributed by atoms with E-state index in [4.69, 9.17) is 0 Å². The summed E-state index contributed by atoms with van der Waals surface area (Å²) in [5.74, 6) is -0.680. The molecule has 1 saturated heterocycles. The molecule has 0 bridgehead atoms. The molecular formula is C20H18FN3O3S. The Bertz CT molecular complexity index is 1070. The maximum atomic E-state index is 13.0. The van der Waals surface area contributed by atoms with E-state index in [1.807, 2.05) is 22.9 Å². The molecule has 0 N–H and O–H groups in total. The summed E-state index contributed by atoms with van der Waals surface area (Å²) in [4.78, 5) is 18.2. The molecule has 1 fully saturated rings. The van der Waals surface area contributed by atoms with Crippen LogP contribution in [0.5, 0.6) is 0 Å². The molecule has 8 heteroatoms. The van der Waals surface area contributed by atoms with Gasteiger partial charge in [0, 0.05) is 37.6 Å². The lowest BCUT2D eigenvalue weighted by Gasteiger charge is -2.38. The Morgan fingerprint density at radius 2 is 1.75 bits per heavy atom. The second-order valence-corrected chi connectivity index (χ2v) is 8.99. The van der Waals surface area contributed by atoms with Crippen molar-refractivity contribution in [2.75, 3.05) is 13.1 Å². The van der Waals surface area contributed by atoms with Gasteiger partial charge in [-0.15, -0.1) is 0 Å². The van der Waals surface area contributed by atoms with Gasteiger partial charge in [-0.3, -0.25) is 4.79 Å². The van der Waals surface area contributed by atoms with Crippen molar-refractivity contribution in [2.24, 2.45) is 0 Å². The van der Waals surface area contributed by atoms with Gasteiger partial charge in [0.2, 0.25) is 0 Å². The molecule has 1 aliphatic rings. The second-order valence-electron chi connectivity index (χ2n) is 6.76. The number of nitrogens with zero attached hydrogens (tertiary/aromatic N) is 3. The van der Waals surface area contributed by atoms with E-state index < -0.39 is 20.9 Å². The normalized spacial score (nSPS) is 14.7. The molecule has 0 unspecified atom stereocenters. The zero-order valence-corrected chi connectivity index (χ0v) is 15.7. The molecule has 2 aromatic carbocycles. The highest BCUT2D eigenvalue weighted by Gasteiger charge is 2.40. The molecule has 0 atom stereocenters. The van der Waals surface area contributed by atoms with Crippen molar-refractivity contribution >= 4 is 15.7 Å². The topological polar surface area (TPSA) is 72.3 Å². The number of likely N-dealkylation sites (tertiary alicyclic amines) is 1. The van der Waals surface area contributed by atoms with Crippen molar-refractivity contribution in [3.05, 3.63) is 84.2 Å². The number of halogens is 1. The summed E-state index contributed by atoms with van der Waals surface area (Å²) in [6, 6.07) is 12.0. The standard InChI is InChI=1S/C20H18FN3O3S/c21-17-5-7-18(8-6-17)28(26,27)19-12-24(13-19)20(25)16-3-1-15(2-4-16)11-23-10-9-22-14-23/h1-10,14,19H,11-13H2. The van der Waals surface area contributed by atoms with Crippen LogP contribution in [0, 0.1) is 5.82 Å². The highest BCUT2D eigenvalue weighted by atomic mass is 32.2. The van der Waals surface area contributed by atoms with Gasteiger partial charge in [0.05, 0.1) is 11.2 Å². The van der Waals surface area contributed by atoms with E-state index in [-0.39, 0.29) is 23.9 Å². The molecule has 1 aromatic heterocycles. The Kier molecular flexibility index (Phi) is 4.72. The first-order valence-electron chi connectivity index (χ1n) is 8.77. The van der Waals surface area contributed by atoms with Gasteiger partial charge >= 0.3 is 0 Å². The van der Waals surface area contributed by atoms with Crippen molar-refractivity contribution < 1.29 is 17.6 Å². The SMILES string of the molecule is O=C(c1ccc(Cn2ccnc2)cc1)N1CC(S(=O)(=O)c2ccc(F)cc2)C1. The van der Waals surface area contributed by atoms with Crippen LogP contribution in [0.25, 0.3) is 0 Å². The van der Waals surface area contributed by atoms with E-state index in [0.29, 0.717) is 12.1 Å². The van der Waals surface area contributed by atoms with Crippen molar-refractivity contribution in [2.45, 2.75) is 16.7 Å². The minimum Gasteiger partial charge on any atom is -0.336 e. The summed E-state index contributed by atoms with van der Waals surface area (Å²) < 4.78 is 40.1. The molecule has 1 amide bonds. The maximum Gasteiger partial charge on any atom is 0.253 e. The summed E-state index contributed by atoms with van der Waals surface area (Å²) >= 11 is 0. The van der Waals surface area contributed by atoms with Gasteiger partial charge in [-0.1, -0.05) is 12.1 Å². The zero-order valence-electron chi connectivity index (χ0n) is 14.9. The van der Waals surface area contributed by atoms with Crippen molar-refractivity contribution in [3.63, 3.8) is 0 Å². The number of carbonyl (C=O) groups excluding carboxylic acids is 1. The quantitative estimate of drug-likeness (QED) is 0.618. The summed E-state index contributed by atoms with van der Waals surface area (Å²) in [6.45, 7) is 0.931. The third-order valence-corrected chi connectivity index (χ3v) is 6.95. The fourth-order valence-corrected chi connectivity index (χ4v) is 4.80. The first kappa shape index (κ1) is 18.4. The van der Waals surface area contributed by atoms with Crippen LogP contribution in [-0.2, 0) is 16.4 Å². The largest absolute Gasteiger partial charge is 0.336 e. The van der Waals surface area contributed by atoms with E-state index >= 15 is 0 Å². The summed E-state index contributed by atoms with van der Waals surface area (Å²) in [6.07, 6.45) is 5.29. The van der Waals surface area contributed by atoms with Crippen LogP contribution in [-0.4, -0.2) is 47.1 Å². The molecule has 6 nitrogen and oxygen atoms in total. The zero-order chi connectivity index (χ0) is 19.7. The molecule has 0 radical (unpaired) electrons. The summed E-state index contributed by atoms with van der Waals surface area (Å²) in [5.41, 5.74) is 1.56. The number of aromatic nitrogens is 2. The second kappa shape index (κ2) is 7.20. The van der Waals surface area contributed by atoms with Crippen LogP contribution >= 0.6 is 0 Å². The molecule has 0 spiro atoms. The fraction of sp³-hybridized carbons (Fsp3) is 0.200. The van der Waals surface area contributed by atoms with Crippen LogP contribution in [0.15, 0.2) is 72.1 Å². The van der Waals surface area contributed by atoms with Gasteiger partial charge in [-0.25, -0.2) is 17.8 Å². The third kappa shape index (κ3) is 3.55. The number of hydrogen-bond acceptors (Lipinski definition) is 4. The molecule has 0 saturated carbocycles. The fourth-order valence-electron chi connectivity index (χ4n) is 3.14. The highest BCUT2D eigenvalue weighted by Crippen LogP contribution is 2.25. The number of rotatable bonds is 5. The average molecular weight is 399 g/mol. The van der Waals surface area contributed by atoms with E-state index in [0.717, 1.165) is 17.7 Å². The Morgan fingerprint density at radius 1 is 1.07 bits per heavy atom.